The van der Waals surface area contributed by atoms with Crippen LogP contribution in [0, 0.1) is 11.8 Å². The average Bonchev–Trinajstić information content (AvgIpc) is 2.34. The van der Waals surface area contributed by atoms with Crippen LogP contribution in [0.15, 0.2) is 36.5 Å². The number of hydrogen-bond donors (Lipinski definition) is 1. The topological polar surface area (TPSA) is 52.3 Å². The van der Waals surface area contributed by atoms with Crippen LogP contribution in [0.3, 0.4) is 0 Å². The van der Waals surface area contributed by atoms with Crippen LogP contribution in [0.2, 0.25) is 0 Å². The van der Waals surface area contributed by atoms with Crippen LogP contribution < -0.4 is 5.73 Å². The quantitative estimate of drug-likeness (QED) is 0.426. The van der Waals surface area contributed by atoms with E-state index in [1.54, 1.807) is 0 Å². The largest absolute Gasteiger partial charge is 0.450 e. The lowest BCUT2D eigenvalue weighted by Crippen LogP contribution is -2.13. The molecule has 2 N–H and O–H groups in total. The van der Waals surface area contributed by atoms with Gasteiger partial charge in [-0.25, -0.2) is 4.79 Å². The smallest absolute Gasteiger partial charge is 0.404 e. The molecule has 0 fully saturated rings. The minimum atomic E-state index is -0.704. The van der Waals surface area contributed by atoms with Crippen LogP contribution in [-0.2, 0) is 4.74 Å². The van der Waals surface area contributed by atoms with E-state index >= 15 is 0 Å². The zero-order valence-electron chi connectivity index (χ0n) is 10.9. The Labute approximate surface area is 109 Å². The third kappa shape index (κ3) is 14.1. The molecule has 0 aliphatic carbocycles. The van der Waals surface area contributed by atoms with Crippen LogP contribution >= 0.6 is 0 Å². The number of amides is 1. The lowest BCUT2D eigenvalue weighted by molar-refractivity contribution is 0.154. The molecular formula is C15H21NO2. The first-order chi connectivity index (χ1) is 8.77. The van der Waals surface area contributed by atoms with E-state index in [1.165, 1.54) is 0 Å². The molecule has 0 atom stereocenters. The van der Waals surface area contributed by atoms with Crippen molar-refractivity contribution in [3.63, 3.8) is 0 Å². The fourth-order valence-electron chi connectivity index (χ4n) is 1.09. The summed E-state index contributed by atoms with van der Waals surface area (Å²) in [5.74, 6) is 5.81. The van der Waals surface area contributed by atoms with Crippen LogP contribution in [0.5, 0.6) is 0 Å². The molecule has 0 bridgehead atoms. The molecule has 0 aromatic rings. The molecular weight excluding hydrogens is 226 g/mol. The van der Waals surface area contributed by atoms with Crippen molar-refractivity contribution in [1.82, 2.24) is 0 Å². The van der Waals surface area contributed by atoms with Crippen molar-refractivity contribution in [2.24, 2.45) is 5.73 Å². The molecule has 98 valence electrons. The van der Waals surface area contributed by atoms with E-state index in [4.69, 9.17) is 5.73 Å². The van der Waals surface area contributed by atoms with E-state index in [0.717, 1.165) is 25.7 Å². The summed E-state index contributed by atoms with van der Waals surface area (Å²) in [4.78, 5) is 10.3. The molecule has 0 aliphatic rings. The molecule has 3 heteroatoms. The molecule has 0 saturated carbocycles. The molecule has 0 heterocycles. The molecule has 0 rings (SSSR count). The molecule has 0 aliphatic heterocycles. The van der Waals surface area contributed by atoms with Crippen LogP contribution in [0.1, 0.15) is 32.6 Å². The molecule has 1 amide bonds. The van der Waals surface area contributed by atoms with Crippen molar-refractivity contribution in [2.75, 3.05) is 6.61 Å². The molecule has 0 aromatic heterocycles. The first-order valence-electron chi connectivity index (χ1n) is 6.17. The summed E-state index contributed by atoms with van der Waals surface area (Å²) in [6, 6.07) is 0. The number of unbranched alkanes of at least 4 members (excludes halogenated alkanes) is 2. The van der Waals surface area contributed by atoms with Gasteiger partial charge in [-0.3, -0.25) is 0 Å². The lowest BCUT2D eigenvalue weighted by Gasteiger charge is -1.98. The fourth-order valence-corrected chi connectivity index (χ4v) is 1.09. The second kappa shape index (κ2) is 13.1. The number of carbonyl (C=O) groups is 1. The van der Waals surface area contributed by atoms with Crippen LogP contribution in [-0.4, -0.2) is 12.7 Å². The standard InChI is InChI=1S/C15H21NO2/c1-2-3-4-5-6-7-8-9-10-11-12-13-14-18-15(16)17/h3-4,7-10H,2,11-14H2,1H3,(H2,16,17). The first kappa shape index (κ1) is 16.1. The van der Waals surface area contributed by atoms with E-state index in [9.17, 15) is 4.79 Å². The maximum absolute atomic E-state index is 10.3. The van der Waals surface area contributed by atoms with Gasteiger partial charge in [-0.15, -0.1) is 0 Å². The number of primary amides is 1. The summed E-state index contributed by atoms with van der Waals surface area (Å²) in [6.07, 6.45) is 14.7. The molecule has 0 saturated heterocycles. The highest BCUT2D eigenvalue weighted by Gasteiger charge is 1.91. The molecule has 0 spiro atoms. The Bertz CT molecular complexity index is 356. The summed E-state index contributed by atoms with van der Waals surface area (Å²) in [5, 5.41) is 0. The second-order valence-corrected chi connectivity index (χ2v) is 3.55. The van der Waals surface area contributed by atoms with Gasteiger partial charge in [0.1, 0.15) is 0 Å². The Balaban J connectivity index is 3.47. The SMILES string of the molecule is CCC=CC#CC=CC=CCCCCOC(N)=O. The van der Waals surface area contributed by atoms with Crippen molar-refractivity contribution in [1.29, 1.82) is 0 Å². The number of ether oxygens (including phenoxy) is 1. The van der Waals surface area contributed by atoms with Crippen molar-refractivity contribution >= 4 is 6.09 Å². The minimum Gasteiger partial charge on any atom is -0.450 e. The van der Waals surface area contributed by atoms with Gasteiger partial charge in [0.25, 0.3) is 0 Å². The van der Waals surface area contributed by atoms with Gasteiger partial charge in [-0.05, 0) is 37.8 Å². The van der Waals surface area contributed by atoms with E-state index in [2.05, 4.69) is 29.6 Å². The monoisotopic (exact) mass is 247 g/mol. The summed E-state index contributed by atoms with van der Waals surface area (Å²) in [7, 11) is 0. The van der Waals surface area contributed by atoms with E-state index in [0.29, 0.717) is 6.61 Å². The van der Waals surface area contributed by atoms with Crippen molar-refractivity contribution < 1.29 is 9.53 Å². The Morgan fingerprint density at radius 2 is 1.94 bits per heavy atom. The zero-order chi connectivity index (χ0) is 13.5. The van der Waals surface area contributed by atoms with Crippen molar-refractivity contribution in [2.45, 2.75) is 32.6 Å². The van der Waals surface area contributed by atoms with Gasteiger partial charge >= 0.3 is 6.09 Å². The first-order valence-corrected chi connectivity index (χ1v) is 6.17. The van der Waals surface area contributed by atoms with E-state index in [1.807, 2.05) is 30.4 Å². The maximum atomic E-state index is 10.3. The summed E-state index contributed by atoms with van der Waals surface area (Å²) in [5.41, 5.74) is 4.83. The predicted octanol–water partition coefficient (Wildman–Crippen LogP) is 3.33. The van der Waals surface area contributed by atoms with Gasteiger partial charge in [-0.1, -0.05) is 43.1 Å². The fraction of sp³-hybridized carbons (Fsp3) is 0.400. The lowest BCUT2D eigenvalue weighted by atomic mass is 10.2. The van der Waals surface area contributed by atoms with Crippen LogP contribution in [0.25, 0.3) is 0 Å². The number of nitrogens with two attached hydrogens (primary N) is 1. The number of rotatable bonds is 7. The minimum absolute atomic E-state index is 0.397. The highest BCUT2D eigenvalue weighted by atomic mass is 16.5. The number of hydrogen-bond acceptors (Lipinski definition) is 2. The molecule has 3 nitrogen and oxygen atoms in total. The van der Waals surface area contributed by atoms with Crippen molar-refractivity contribution in [3.8, 4) is 11.8 Å². The predicted molar refractivity (Wildman–Crippen MR) is 74.9 cm³/mol. The van der Waals surface area contributed by atoms with Gasteiger partial charge in [0.05, 0.1) is 6.61 Å². The highest BCUT2D eigenvalue weighted by Crippen LogP contribution is 1.97. The van der Waals surface area contributed by atoms with Crippen molar-refractivity contribution in [3.05, 3.63) is 36.5 Å². The van der Waals surface area contributed by atoms with Gasteiger partial charge in [-0.2, -0.15) is 0 Å². The molecule has 0 unspecified atom stereocenters. The maximum Gasteiger partial charge on any atom is 0.404 e. The van der Waals surface area contributed by atoms with Gasteiger partial charge in [0, 0.05) is 0 Å². The van der Waals surface area contributed by atoms with Gasteiger partial charge in [0.15, 0.2) is 0 Å². The van der Waals surface area contributed by atoms with Crippen LogP contribution in [0.4, 0.5) is 4.79 Å². The number of allylic oxidation sites excluding steroid dienone is 6. The Hall–Kier alpha value is -1.95. The average molecular weight is 247 g/mol. The normalized spacial score (nSPS) is 10.9. The van der Waals surface area contributed by atoms with E-state index < -0.39 is 6.09 Å². The molecule has 0 aromatic carbocycles. The summed E-state index contributed by atoms with van der Waals surface area (Å²) in [6.45, 7) is 2.47. The summed E-state index contributed by atoms with van der Waals surface area (Å²) >= 11 is 0. The Morgan fingerprint density at radius 1 is 1.17 bits per heavy atom. The van der Waals surface area contributed by atoms with Gasteiger partial charge in [0.2, 0.25) is 0 Å². The molecule has 0 radical (unpaired) electrons. The Morgan fingerprint density at radius 3 is 2.67 bits per heavy atom. The van der Waals surface area contributed by atoms with Gasteiger partial charge < -0.3 is 10.5 Å². The third-order valence-electron chi connectivity index (χ3n) is 1.96. The second-order valence-electron chi connectivity index (χ2n) is 3.55. The Kier molecular flexibility index (Phi) is 11.7. The molecule has 18 heavy (non-hydrogen) atoms. The number of carbonyl (C=O) groups excluding carboxylic acids is 1. The third-order valence-corrected chi connectivity index (χ3v) is 1.96. The highest BCUT2D eigenvalue weighted by molar-refractivity contribution is 5.64. The zero-order valence-corrected chi connectivity index (χ0v) is 10.9. The summed E-state index contributed by atoms with van der Waals surface area (Å²) < 4.78 is 4.61. The van der Waals surface area contributed by atoms with E-state index in [-0.39, 0.29) is 0 Å².